The zero-order valence-corrected chi connectivity index (χ0v) is 19.6. The van der Waals surface area contributed by atoms with Gasteiger partial charge in [-0.3, -0.25) is 4.79 Å². The zero-order valence-electron chi connectivity index (χ0n) is 18.0. The van der Waals surface area contributed by atoms with Gasteiger partial charge < -0.3 is 9.47 Å². The van der Waals surface area contributed by atoms with E-state index in [9.17, 15) is 13.2 Å². The topological polar surface area (TPSA) is 72.9 Å². The number of carbonyl (C=O) groups is 1. The molecule has 32 heavy (non-hydrogen) atoms. The van der Waals surface area contributed by atoms with Crippen LogP contribution in [0.5, 0.6) is 11.5 Å². The summed E-state index contributed by atoms with van der Waals surface area (Å²) in [6.45, 7) is 5.51. The number of halogens is 1. The molecular formula is C24H24ClNO5S. The van der Waals surface area contributed by atoms with Crippen molar-refractivity contribution in [2.75, 3.05) is 17.5 Å². The van der Waals surface area contributed by atoms with Crippen molar-refractivity contribution in [2.24, 2.45) is 0 Å². The molecule has 0 bridgehead atoms. The van der Waals surface area contributed by atoms with Crippen LogP contribution in [0.25, 0.3) is 0 Å². The van der Waals surface area contributed by atoms with Crippen molar-refractivity contribution in [3.63, 3.8) is 0 Å². The first-order valence-electron chi connectivity index (χ1n) is 9.99. The molecule has 168 valence electrons. The average Bonchev–Trinajstić information content (AvgIpc) is 2.78. The Labute approximate surface area is 193 Å². The highest BCUT2D eigenvalue weighted by molar-refractivity contribution is 7.93. The van der Waals surface area contributed by atoms with E-state index in [2.05, 4.69) is 0 Å². The molecule has 0 N–H and O–H groups in total. The van der Waals surface area contributed by atoms with E-state index < -0.39 is 22.5 Å². The van der Waals surface area contributed by atoms with Crippen molar-refractivity contribution in [1.29, 1.82) is 0 Å². The molecule has 3 aromatic rings. The third kappa shape index (κ3) is 5.23. The van der Waals surface area contributed by atoms with Gasteiger partial charge in [-0.2, -0.15) is 4.31 Å². The predicted octanol–water partition coefficient (Wildman–Crippen LogP) is 5.16. The minimum absolute atomic E-state index is 0.000386. The summed E-state index contributed by atoms with van der Waals surface area (Å²) >= 11 is 6.19. The minimum Gasteiger partial charge on any atom is -0.494 e. The minimum atomic E-state index is -4.16. The summed E-state index contributed by atoms with van der Waals surface area (Å²) in [5.41, 5.74) is 1.79. The van der Waals surface area contributed by atoms with Gasteiger partial charge in [0.25, 0.3) is 15.9 Å². The summed E-state index contributed by atoms with van der Waals surface area (Å²) in [6.07, 6.45) is 0. The Morgan fingerprint density at radius 3 is 2.06 bits per heavy atom. The van der Waals surface area contributed by atoms with Crippen LogP contribution in [0.1, 0.15) is 18.1 Å². The van der Waals surface area contributed by atoms with Gasteiger partial charge in [-0.1, -0.05) is 29.8 Å². The third-order valence-electron chi connectivity index (χ3n) is 4.66. The molecule has 0 saturated heterocycles. The molecule has 0 atom stereocenters. The second kappa shape index (κ2) is 10.1. The lowest BCUT2D eigenvalue weighted by Gasteiger charge is -2.23. The molecule has 0 aliphatic heterocycles. The maximum absolute atomic E-state index is 13.3. The molecule has 0 fully saturated rings. The summed E-state index contributed by atoms with van der Waals surface area (Å²) in [5.74, 6) is 0.272. The van der Waals surface area contributed by atoms with E-state index in [1.165, 1.54) is 24.3 Å². The fraction of sp³-hybridized carbons (Fsp3) is 0.208. The molecule has 0 saturated carbocycles. The summed E-state index contributed by atoms with van der Waals surface area (Å²) in [4.78, 5) is 13.1. The SMILES string of the molecule is CCOc1ccc(N(C(=O)COc2cc(C)c(Cl)c(C)c2)S(=O)(=O)c2ccccc2)cc1. The van der Waals surface area contributed by atoms with Gasteiger partial charge in [-0.25, -0.2) is 8.42 Å². The number of hydrogen-bond donors (Lipinski definition) is 0. The first-order chi connectivity index (χ1) is 15.2. The second-order valence-corrected chi connectivity index (χ2v) is 9.23. The van der Waals surface area contributed by atoms with Crippen LogP contribution in [0.3, 0.4) is 0 Å². The number of amides is 1. The summed E-state index contributed by atoms with van der Waals surface area (Å²) in [6, 6.07) is 17.5. The molecule has 8 heteroatoms. The molecule has 0 aliphatic rings. The van der Waals surface area contributed by atoms with Gasteiger partial charge in [0.15, 0.2) is 6.61 Å². The van der Waals surface area contributed by atoms with Crippen LogP contribution in [0, 0.1) is 13.8 Å². The molecule has 0 unspecified atom stereocenters. The fourth-order valence-electron chi connectivity index (χ4n) is 3.15. The smallest absolute Gasteiger partial charge is 0.278 e. The third-order valence-corrected chi connectivity index (χ3v) is 7.02. The first-order valence-corrected chi connectivity index (χ1v) is 11.8. The van der Waals surface area contributed by atoms with Gasteiger partial charge in [0.05, 0.1) is 17.2 Å². The normalized spacial score (nSPS) is 11.1. The van der Waals surface area contributed by atoms with E-state index >= 15 is 0 Å². The zero-order chi connectivity index (χ0) is 23.3. The number of benzene rings is 3. The Hall–Kier alpha value is -3.03. The highest BCUT2D eigenvalue weighted by Crippen LogP contribution is 2.28. The van der Waals surface area contributed by atoms with Crippen LogP contribution in [0.15, 0.2) is 71.6 Å². The van der Waals surface area contributed by atoms with Crippen molar-refractivity contribution in [3.05, 3.63) is 82.9 Å². The maximum Gasteiger partial charge on any atom is 0.278 e. The molecule has 0 aromatic heterocycles. The van der Waals surface area contributed by atoms with Gasteiger partial charge in [-0.15, -0.1) is 0 Å². The van der Waals surface area contributed by atoms with Crippen molar-refractivity contribution >= 4 is 33.2 Å². The number of ether oxygens (including phenoxy) is 2. The number of nitrogens with zero attached hydrogens (tertiary/aromatic N) is 1. The summed E-state index contributed by atoms with van der Waals surface area (Å²) < 4.78 is 38.5. The first kappa shape index (κ1) is 23.6. The van der Waals surface area contributed by atoms with Gasteiger partial charge in [0.1, 0.15) is 11.5 Å². The van der Waals surface area contributed by atoms with Crippen LogP contribution in [-0.2, 0) is 14.8 Å². The molecule has 1 amide bonds. The largest absolute Gasteiger partial charge is 0.494 e. The lowest BCUT2D eigenvalue weighted by molar-refractivity contribution is -0.119. The van der Waals surface area contributed by atoms with Gasteiger partial charge in [0.2, 0.25) is 0 Å². The highest BCUT2D eigenvalue weighted by Gasteiger charge is 2.31. The number of rotatable bonds is 8. The van der Waals surface area contributed by atoms with Crippen LogP contribution < -0.4 is 13.8 Å². The fourth-order valence-corrected chi connectivity index (χ4v) is 4.69. The van der Waals surface area contributed by atoms with Crippen molar-refractivity contribution < 1.29 is 22.7 Å². The number of aryl methyl sites for hydroxylation is 2. The van der Waals surface area contributed by atoms with E-state index in [4.69, 9.17) is 21.1 Å². The molecule has 0 spiro atoms. The van der Waals surface area contributed by atoms with Crippen LogP contribution in [-0.4, -0.2) is 27.5 Å². The van der Waals surface area contributed by atoms with Gasteiger partial charge in [-0.05, 0) is 80.4 Å². The quantitative estimate of drug-likeness (QED) is 0.452. The lowest BCUT2D eigenvalue weighted by Crippen LogP contribution is -2.40. The predicted molar refractivity (Wildman–Crippen MR) is 125 cm³/mol. The lowest BCUT2D eigenvalue weighted by atomic mass is 10.1. The highest BCUT2D eigenvalue weighted by atomic mass is 35.5. The Bertz CT molecular complexity index is 1170. The molecular weight excluding hydrogens is 450 g/mol. The van der Waals surface area contributed by atoms with Crippen molar-refractivity contribution in [2.45, 2.75) is 25.7 Å². The van der Waals surface area contributed by atoms with Gasteiger partial charge >= 0.3 is 0 Å². The molecule has 0 radical (unpaired) electrons. The molecule has 3 aromatic carbocycles. The van der Waals surface area contributed by atoms with E-state index in [1.807, 2.05) is 20.8 Å². The molecule has 0 heterocycles. The summed E-state index contributed by atoms with van der Waals surface area (Å²) in [5, 5.41) is 0.617. The van der Waals surface area contributed by atoms with E-state index in [0.717, 1.165) is 15.4 Å². The van der Waals surface area contributed by atoms with Crippen LogP contribution in [0.4, 0.5) is 5.69 Å². The second-order valence-electron chi connectivity index (χ2n) is 7.06. The molecule has 3 rings (SSSR count). The Balaban J connectivity index is 1.94. The number of hydrogen-bond acceptors (Lipinski definition) is 5. The molecule has 6 nitrogen and oxygen atoms in total. The average molecular weight is 474 g/mol. The van der Waals surface area contributed by atoms with E-state index in [0.29, 0.717) is 23.1 Å². The van der Waals surface area contributed by atoms with E-state index in [1.54, 1.807) is 42.5 Å². The molecule has 0 aliphatic carbocycles. The van der Waals surface area contributed by atoms with E-state index in [-0.39, 0.29) is 10.6 Å². The Kier molecular flexibility index (Phi) is 7.43. The summed E-state index contributed by atoms with van der Waals surface area (Å²) in [7, 11) is -4.16. The van der Waals surface area contributed by atoms with Crippen molar-refractivity contribution in [3.8, 4) is 11.5 Å². The van der Waals surface area contributed by atoms with Crippen LogP contribution >= 0.6 is 11.6 Å². The van der Waals surface area contributed by atoms with Crippen molar-refractivity contribution in [1.82, 2.24) is 0 Å². The number of carbonyl (C=O) groups excluding carboxylic acids is 1. The number of sulfonamides is 1. The monoisotopic (exact) mass is 473 g/mol. The van der Waals surface area contributed by atoms with Gasteiger partial charge in [0, 0.05) is 5.02 Å². The number of anilines is 1. The Morgan fingerprint density at radius 1 is 0.906 bits per heavy atom. The standard InChI is InChI=1S/C24H24ClNO5S/c1-4-30-20-12-10-19(11-13-20)26(32(28,29)22-8-6-5-7-9-22)23(27)16-31-21-14-17(2)24(25)18(3)15-21/h5-15H,4,16H2,1-3H3. The maximum atomic E-state index is 13.3. The van der Waals surface area contributed by atoms with Crippen LogP contribution in [0.2, 0.25) is 5.02 Å². The Morgan fingerprint density at radius 2 is 1.50 bits per heavy atom.